The van der Waals surface area contributed by atoms with Crippen molar-refractivity contribution < 1.29 is 8.78 Å². The van der Waals surface area contributed by atoms with Gasteiger partial charge in [-0.15, -0.1) is 24.8 Å². The molecule has 0 bridgehead atoms. The molecule has 1 atom stereocenters. The first-order chi connectivity index (χ1) is 9.66. The molecule has 0 aliphatic carbocycles. The molecular weight excluding hydrogens is 399 g/mol. The number of alkyl halides is 2. The molecule has 0 spiro atoms. The van der Waals surface area contributed by atoms with Crippen LogP contribution >= 0.6 is 40.7 Å². The van der Waals surface area contributed by atoms with Gasteiger partial charge in [0, 0.05) is 53.3 Å². The molecule has 0 radical (unpaired) electrons. The molecule has 1 fully saturated rings. The first-order valence-electron chi connectivity index (χ1n) is 6.66. The quantitative estimate of drug-likeness (QED) is 0.792. The van der Waals surface area contributed by atoms with Crippen LogP contribution in [-0.2, 0) is 0 Å². The monoisotopic (exact) mass is 415 g/mol. The number of benzene rings is 1. The van der Waals surface area contributed by atoms with E-state index in [-0.39, 0.29) is 24.8 Å². The Morgan fingerprint density at radius 1 is 1.14 bits per heavy atom. The molecule has 1 aromatic carbocycles. The van der Waals surface area contributed by atoms with E-state index >= 15 is 0 Å². The van der Waals surface area contributed by atoms with Crippen LogP contribution < -0.4 is 5.32 Å². The van der Waals surface area contributed by atoms with E-state index in [2.05, 4.69) is 26.2 Å². The normalized spacial score (nSPS) is 17.1. The van der Waals surface area contributed by atoms with Gasteiger partial charge >= 0.3 is 0 Å². The van der Waals surface area contributed by atoms with Crippen LogP contribution in [0, 0.1) is 0 Å². The van der Waals surface area contributed by atoms with E-state index in [9.17, 15) is 8.78 Å². The molecule has 1 aliphatic heterocycles. The highest BCUT2D eigenvalue weighted by atomic mass is 79.9. The number of aromatic nitrogens is 1. The predicted octanol–water partition coefficient (Wildman–Crippen LogP) is 3.99. The highest BCUT2D eigenvalue weighted by Crippen LogP contribution is 2.34. The lowest BCUT2D eigenvalue weighted by Crippen LogP contribution is -2.46. The molecule has 3 rings (SSSR count). The van der Waals surface area contributed by atoms with Gasteiger partial charge in [0.1, 0.15) is 0 Å². The van der Waals surface area contributed by atoms with Gasteiger partial charge in [-0.1, -0.05) is 15.9 Å². The Balaban J connectivity index is 0.00000121. The summed E-state index contributed by atoms with van der Waals surface area (Å²) in [4.78, 5) is 4.96. The lowest BCUT2D eigenvalue weighted by Gasteiger charge is -2.34. The van der Waals surface area contributed by atoms with Crippen LogP contribution in [0.3, 0.4) is 0 Å². The Kier molecular flexibility index (Phi) is 7.55. The van der Waals surface area contributed by atoms with Gasteiger partial charge in [-0.3, -0.25) is 4.90 Å². The second-order valence-corrected chi connectivity index (χ2v) is 5.91. The molecule has 1 aliphatic rings. The van der Waals surface area contributed by atoms with Crippen molar-refractivity contribution in [2.75, 3.05) is 26.2 Å². The van der Waals surface area contributed by atoms with Crippen molar-refractivity contribution in [2.45, 2.75) is 12.5 Å². The first-order valence-corrected chi connectivity index (χ1v) is 7.45. The number of aromatic amines is 1. The van der Waals surface area contributed by atoms with E-state index < -0.39 is 12.5 Å². The standard InChI is InChI=1S/C14H16BrF2N3.2ClH/c15-9-1-2-12-10(7-9)11(8-19-12)13(14(16)17)20-5-3-18-4-6-20;;/h1-2,7-8,13-14,18-19H,3-6H2;2*1H/t13-;;/m0../s1. The summed E-state index contributed by atoms with van der Waals surface area (Å²) in [6.45, 7) is 2.82. The molecule has 0 amide bonds. The Morgan fingerprint density at radius 2 is 1.82 bits per heavy atom. The van der Waals surface area contributed by atoms with Gasteiger partial charge in [-0.2, -0.15) is 0 Å². The van der Waals surface area contributed by atoms with E-state index in [0.717, 1.165) is 28.5 Å². The Labute approximate surface area is 148 Å². The molecule has 1 saturated heterocycles. The fraction of sp³-hybridized carbons (Fsp3) is 0.429. The van der Waals surface area contributed by atoms with Crippen LogP contribution in [0.5, 0.6) is 0 Å². The van der Waals surface area contributed by atoms with E-state index in [1.807, 2.05) is 23.1 Å². The third kappa shape index (κ3) is 3.92. The number of nitrogens with zero attached hydrogens (tertiary/aromatic N) is 1. The molecule has 124 valence electrons. The zero-order valence-electron chi connectivity index (χ0n) is 11.7. The third-order valence-electron chi connectivity index (χ3n) is 3.78. The number of piperazine rings is 1. The summed E-state index contributed by atoms with van der Waals surface area (Å²) in [5, 5.41) is 4.06. The molecule has 22 heavy (non-hydrogen) atoms. The summed E-state index contributed by atoms with van der Waals surface area (Å²) < 4.78 is 28.1. The minimum Gasteiger partial charge on any atom is -0.361 e. The molecule has 8 heteroatoms. The smallest absolute Gasteiger partial charge is 0.258 e. The number of nitrogens with one attached hydrogen (secondary N) is 2. The Morgan fingerprint density at radius 3 is 2.45 bits per heavy atom. The second-order valence-electron chi connectivity index (χ2n) is 5.00. The summed E-state index contributed by atoms with van der Waals surface area (Å²) in [5.41, 5.74) is 1.57. The number of fused-ring (bicyclic) bond motifs is 1. The lowest BCUT2D eigenvalue weighted by molar-refractivity contribution is 0.0189. The van der Waals surface area contributed by atoms with Crippen molar-refractivity contribution in [3.63, 3.8) is 0 Å². The minimum atomic E-state index is -2.40. The zero-order chi connectivity index (χ0) is 14.1. The third-order valence-corrected chi connectivity index (χ3v) is 4.27. The van der Waals surface area contributed by atoms with Crippen LogP contribution in [0.15, 0.2) is 28.9 Å². The largest absolute Gasteiger partial charge is 0.361 e. The molecule has 2 N–H and O–H groups in total. The number of hydrogen-bond acceptors (Lipinski definition) is 2. The minimum absolute atomic E-state index is 0. The zero-order valence-corrected chi connectivity index (χ0v) is 14.9. The van der Waals surface area contributed by atoms with Crippen LogP contribution in [0.2, 0.25) is 0 Å². The van der Waals surface area contributed by atoms with Gasteiger partial charge in [-0.25, -0.2) is 8.78 Å². The lowest BCUT2D eigenvalue weighted by atomic mass is 10.0. The van der Waals surface area contributed by atoms with Crippen LogP contribution in [-0.4, -0.2) is 42.5 Å². The van der Waals surface area contributed by atoms with E-state index in [0.29, 0.717) is 18.7 Å². The maximum atomic E-state index is 13.6. The van der Waals surface area contributed by atoms with Crippen LogP contribution in [0.25, 0.3) is 10.9 Å². The molecule has 3 nitrogen and oxygen atoms in total. The van der Waals surface area contributed by atoms with Gasteiger partial charge in [0.05, 0.1) is 6.04 Å². The summed E-state index contributed by atoms with van der Waals surface area (Å²) in [6.07, 6.45) is -0.679. The SMILES string of the molecule is Cl.Cl.FC(F)[C@H](c1c[nH]c2ccc(Br)cc12)N1CCNCC1. The van der Waals surface area contributed by atoms with Crippen molar-refractivity contribution in [2.24, 2.45) is 0 Å². The number of rotatable bonds is 3. The summed E-state index contributed by atoms with van der Waals surface area (Å²) in [5.74, 6) is 0. The van der Waals surface area contributed by atoms with Gasteiger partial charge in [-0.05, 0) is 18.2 Å². The molecule has 2 aromatic rings. The highest BCUT2D eigenvalue weighted by Gasteiger charge is 2.31. The number of hydrogen-bond donors (Lipinski definition) is 2. The highest BCUT2D eigenvalue weighted by molar-refractivity contribution is 9.10. The Hall–Kier alpha value is -0.400. The first kappa shape index (κ1) is 19.6. The average molecular weight is 417 g/mol. The van der Waals surface area contributed by atoms with Crippen LogP contribution in [0.4, 0.5) is 8.78 Å². The predicted molar refractivity (Wildman–Crippen MR) is 93.7 cm³/mol. The Bertz CT molecular complexity index is 603. The van der Waals surface area contributed by atoms with Crippen LogP contribution in [0.1, 0.15) is 11.6 Å². The van der Waals surface area contributed by atoms with Crippen molar-refractivity contribution in [1.29, 1.82) is 0 Å². The molecular formula is C14H18BrCl2F2N3. The topological polar surface area (TPSA) is 31.1 Å². The maximum Gasteiger partial charge on any atom is 0.258 e. The van der Waals surface area contributed by atoms with Gasteiger partial charge < -0.3 is 10.3 Å². The summed E-state index contributed by atoms with van der Waals surface area (Å²) in [6, 6.07) is 4.87. The van der Waals surface area contributed by atoms with Gasteiger partial charge in [0.15, 0.2) is 0 Å². The summed E-state index contributed by atoms with van der Waals surface area (Å²) >= 11 is 3.41. The number of H-pyrrole nitrogens is 1. The molecule has 2 heterocycles. The van der Waals surface area contributed by atoms with Gasteiger partial charge in [0.25, 0.3) is 6.43 Å². The van der Waals surface area contributed by atoms with E-state index in [1.165, 1.54) is 0 Å². The molecule has 1 aromatic heterocycles. The summed E-state index contributed by atoms with van der Waals surface area (Å²) in [7, 11) is 0. The van der Waals surface area contributed by atoms with E-state index in [4.69, 9.17) is 0 Å². The maximum absolute atomic E-state index is 13.6. The second kappa shape index (κ2) is 8.45. The average Bonchev–Trinajstić information content (AvgIpc) is 2.83. The fourth-order valence-corrected chi connectivity index (χ4v) is 3.17. The van der Waals surface area contributed by atoms with E-state index in [1.54, 1.807) is 6.20 Å². The number of halogens is 5. The van der Waals surface area contributed by atoms with Crippen molar-refractivity contribution in [3.05, 3.63) is 34.4 Å². The van der Waals surface area contributed by atoms with Crippen molar-refractivity contribution >= 4 is 51.6 Å². The van der Waals surface area contributed by atoms with Gasteiger partial charge in [0.2, 0.25) is 0 Å². The molecule has 0 unspecified atom stereocenters. The molecule has 0 saturated carbocycles. The fourth-order valence-electron chi connectivity index (χ4n) is 2.81. The van der Waals surface area contributed by atoms with Crippen molar-refractivity contribution in [1.82, 2.24) is 15.2 Å². The van der Waals surface area contributed by atoms with Crippen molar-refractivity contribution in [3.8, 4) is 0 Å².